The molecule has 6 nitrogen and oxygen atoms in total. The highest BCUT2D eigenvalue weighted by molar-refractivity contribution is 6.15. The predicted octanol–water partition coefficient (Wildman–Crippen LogP) is 5.30. The van der Waals surface area contributed by atoms with Crippen LogP contribution in [-0.4, -0.2) is 17.8 Å². The Morgan fingerprint density at radius 2 is 1.42 bits per heavy atom. The maximum absolute atomic E-state index is 13.8. The Morgan fingerprint density at radius 1 is 0.879 bits per heavy atom. The van der Waals surface area contributed by atoms with Gasteiger partial charge >= 0.3 is 5.69 Å². The fraction of sp³-hybridized carbons (Fsp3) is 0.111. The second-order valence-electron chi connectivity index (χ2n) is 7.64. The van der Waals surface area contributed by atoms with Crippen LogP contribution in [0.3, 0.4) is 0 Å². The number of rotatable bonds is 6. The minimum absolute atomic E-state index is 0.0997. The number of carbonyl (C=O) groups is 1. The van der Waals surface area contributed by atoms with Crippen molar-refractivity contribution in [3.8, 4) is 28.1 Å². The number of hydrogen-bond acceptors (Lipinski definition) is 4. The first-order chi connectivity index (χ1) is 15.9. The first kappa shape index (κ1) is 21.9. The molecule has 164 valence electrons. The van der Waals surface area contributed by atoms with Crippen molar-refractivity contribution in [2.75, 3.05) is 7.11 Å². The monoisotopic (exact) mass is 439 g/mol. The highest BCUT2D eigenvalue weighted by atomic mass is 16.6. The van der Waals surface area contributed by atoms with Crippen LogP contribution in [-0.2, 0) is 7.05 Å². The molecule has 1 aromatic heterocycles. The van der Waals surface area contributed by atoms with Crippen LogP contribution in [0.15, 0.2) is 84.9 Å². The highest BCUT2D eigenvalue weighted by Gasteiger charge is 2.38. The first-order valence-electron chi connectivity index (χ1n) is 10.4. The van der Waals surface area contributed by atoms with Crippen molar-refractivity contribution < 1.29 is 19.0 Å². The fourth-order valence-corrected chi connectivity index (χ4v) is 4.07. The smallest absolute Gasteiger partial charge is 0.349 e. The molecule has 0 N–H and O–H groups in total. The third kappa shape index (κ3) is 3.99. The number of nitro groups is 1. The third-order valence-corrected chi connectivity index (χ3v) is 5.78. The topological polar surface area (TPSA) is 73.3 Å². The molecule has 0 aliphatic heterocycles. The van der Waals surface area contributed by atoms with Crippen LogP contribution in [0.1, 0.15) is 21.6 Å². The molecular weight excluding hydrogens is 416 g/mol. The number of hydrogen-bond donors (Lipinski definition) is 0. The predicted molar refractivity (Wildman–Crippen MR) is 126 cm³/mol. The summed E-state index contributed by atoms with van der Waals surface area (Å²) < 4.78 is 6.93. The van der Waals surface area contributed by atoms with E-state index < -0.39 is 4.92 Å². The zero-order valence-electron chi connectivity index (χ0n) is 18.6. The summed E-state index contributed by atoms with van der Waals surface area (Å²) in [5, 5.41) is 12.5. The van der Waals surface area contributed by atoms with Gasteiger partial charge in [-0.1, -0.05) is 48.5 Å². The molecule has 0 radical (unpaired) electrons. The molecule has 0 fully saturated rings. The molecular formula is C27H23N2O4+. The third-order valence-electron chi connectivity index (χ3n) is 5.78. The van der Waals surface area contributed by atoms with Gasteiger partial charge in [-0.25, -0.2) is 0 Å². The molecule has 0 unspecified atom stereocenters. The van der Waals surface area contributed by atoms with Gasteiger partial charge in [0.05, 0.1) is 23.2 Å². The van der Waals surface area contributed by atoms with Gasteiger partial charge in [0, 0.05) is 12.5 Å². The summed E-state index contributed by atoms with van der Waals surface area (Å²) in [6.07, 6.45) is 0. The van der Waals surface area contributed by atoms with Crippen molar-refractivity contribution in [1.82, 2.24) is 0 Å². The van der Waals surface area contributed by atoms with Crippen molar-refractivity contribution >= 4 is 11.5 Å². The molecule has 0 aliphatic rings. The lowest BCUT2D eigenvalue weighted by Crippen LogP contribution is -2.38. The number of aromatic nitrogens is 1. The summed E-state index contributed by atoms with van der Waals surface area (Å²) in [7, 11) is 3.31. The molecule has 0 amide bonds. The number of methoxy groups -OCH3 is 1. The number of ether oxygens (including phenoxy) is 1. The minimum atomic E-state index is -0.394. The number of benzene rings is 3. The van der Waals surface area contributed by atoms with Crippen molar-refractivity contribution in [3.63, 3.8) is 0 Å². The van der Waals surface area contributed by atoms with Crippen LogP contribution in [0, 0.1) is 17.0 Å². The van der Waals surface area contributed by atoms with Crippen molar-refractivity contribution in [1.29, 1.82) is 0 Å². The number of pyridine rings is 1. The van der Waals surface area contributed by atoms with Crippen molar-refractivity contribution in [3.05, 3.63) is 112 Å². The molecule has 0 saturated carbocycles. The summed E-state index contributed by atoms with van der Waals surface area (Å²) in [5.74, 6) is 0.342. The molecule has 0 bridgehead atoms. The molecule has 3 aromatic carbocycles. The molecule has 4 aromatic rings. The van der Waals surface area contributed by atoms with E-state index >= 15 is 0 Å². The Kier molecular flexibility index (Phi) is 6.00. The molecule has 6 heteroatoms. The van der Waals surface area contributed by atoms with Crippen LogP contribution >= 0.6 is 0 Å². The Balaban J connectivity index is 2.10. The lowest BCUT2D eigenvalue weighted by molar-refractivity contribution is -0.669. The number of carbonyl (C=O) groups excluding carboxylic acids is 1. The molecule has 0 atom stereocenters. The number of nitrogens with zero attached hydrogens (tertiary/aromatic N) is 2. The van der Waals surface area contributed by atoms with Gasteiger partial charge in [-0.15, -0.1) is 0 Å². The lowest BCUT2D eigenvalue weighted by atomic mass is 9.89. The number of ketones is 1. The SMILES string of the molecule is COc1ccc(C(=O)c2c(-c3ccccc3)c([N+](=O)[O-])c(-c3ccccc3)[n+](C)c2C)cc1. The van der Waals surface area contributed by atoms with E-state index in [4.69, 9.17) is 4.74 Å². The van der Waals surface area contributed by atoms with E-state index in [0.717, 1.165) is 0 Å². The summed E-state index contributed by atoms with van der Waals surface area (Å²) in [5.41, 5.74) is 3.35. The lowest BCUT2D eigenvalue weighted by Gasteiger charge is -2.15. The maximum Gasteiger partial charge on any atom is 0.349 e. The quantitative estimate of drug-likeness (QED) is 0.177. The summed E-state index contributed by atoms with van der Waals surface area (Å²) in [6.45, 7) is 1.82. The van der Waals surface area contributed by atoms with Gasteiger partial charge in [0.1, 0.15) is 18.4 Å². The summed E-state index contributed by atoms with van der Waals surface area (Å²) in [4.78, 5) is 25.9. The van der Waals surface area contributed by atoms with Crippen molar-refractivity contribution in [2.24, 2.45) is 7.05 Å². The molecule has 33 heavy (non-hydrogen) atoms. The Hall–Kier alpha value is -4.32. The van der Waals surface area contributed by atoms with E-state index in [1.165, 1.54) is 0 Å². The van der Waals surface area contributed by atoms with E-state index in [-0.39, 0.29) is 11.5 Å². The molecule has 0 aliphatic carbocycles. The Morgan fingerprint density at radius 3 is 1.94 bits per heavy atom. The Labute approximate surface area is 191 Å². The summed E-state index contributed by atoms with van der Waals surface area (Å²) >= 11 is 0. The van der Waals surface area contributed by atoms with E-state index in [1.54, 1.807) is 55.1 Å². The molecule has 0 spiro atoms. The van der Waals surface area contributed by atoms with Gasteiger partial charge in [-0.3, -0.25) is 14.9 Å². The molecule has 1 heterocycles. The zero-order chi connectivity index (χ0) is 23.5. The van der Waals surface area contributed by atoms with Crippen LogP contribution in [0.5, 0.6) is 5.75 Å². The Bertz CT molecular complexity index is 1330. The van der Waals surface area contributed by atoms with Crippen LogP contribution in [0.4, 0.5) is 5.69 Å². The average Bonchev–Trinajstić information content (AvgIpc) is 2.85. The van der Waals surface area contributed by atoms with Gasteiger partial charge in [-0.05, 0) is 42.0 Å². The standard InChI is InChI=1S/C27H23N2O4/c1-18-23(27(30)21-14-16-22(33-3)17-15-21)24(19-10-6-4-7-11-19)26(29(31)32)25(28(18)2)20-12-8-5-9-13-20/h4-17H,1-3H3/q+1. The molecule has 0 saturated heterocycles. The average molecular weight is 439 g/mol. The van der Waals surface area contributed by atoms with Crippen LogP contribution in [0.2, 0.25) is 0 Å². The fourth-order valence-electron chi connectivity index (χ4n) is 4.07. The van der Waals surface area contributed by atoms with Gasteiger partial charge < -0.3 is 4.74 Å². The van der Waals surface area contributed by atoms with Crippen LogP contribution < -0.4 is 9.30 Å². The zero-order valence-corrected chi connectivity index (χ0v) is 18.6. The van der Waals surface area contributed by atoms with Gasteiger partial charge in [-0.2, -0.15) is 4.57 Å². The minimum Gasteiger partial charge on any atom is -0.497 e. The summed E-state index contributed by atoms with van der Waals surface area (Å²) in [6, 6.07) is 25.0. The maximum atomic E-state index is 13.8. The molecule has 4 rings (SSSR count). The van der Waals surface area contributed by atoms with Gasteiger partial charge in [0.25, 0.3) is 5.69 Å². The normalized spacial score (nSPS) is 10.6. The van der Waals surface area contributed by atoms with E-state index in [0.29, 0.717) is 45.0 Å². The largest absolute Gasteiger partial charge is 0.497 e. The van der Waals surface area contributed by atoms with Gasteiger partial charge in [0.15, 0.2) is 11.5 Å². The van der Waals surface area contributed by atoms with E-state index in [2.05, 4.69) is 0 Å². The van der Waals surface area contributed by atoms with E-state index in [1.807, 2.05) is 55.5 Å². The highest BCUT2D eigenvalue weighted by Crippen LogP contribution is 2.40. The van der Waals surface area contributed by atoms with Crippen LogP contribution in [0.25, 0.3) is 22.4 Å². The van der Waals surface area contributed by atoms with Crippen molar-refractivity contribution in [2.45, 2.75) is 6.92 Å². The van der Waals surface area contributed by atoms with Gasteiger partial charge in [0.2, 0.25) is 0 Å². The second-order valence-corrected chi connectivity index (χ2v) is 7.64. The first-order valence-corrected chi connectivity index (χ1v) is 10.4. The second kappa shape index (κ2) is 9.04. The van der Waals surface area contributed by atoms with E-state index in [9.17, 15) is 14.9 Å².